The van der Waals surface area contributed by atoms with E-state index in [1.165, 1.54) is 4.90 Å². The number of anilines is 1. The smallest absolute Gasteiger partial charge is 0.321 e. The minimum Gasteiger partial charge on any atom is -0.481 e. The summed E-state index contributed by atoms with van der Waals surface area (Å²) in [4.78, 5) is 33.3. The number of likely N-dealkylation sites (tertiary alicyclic amines) is 1. The molecule has 2 N–H and O–H groups in total. The lowest BCUT2D eigenvalue weighted by Crippen LogP contribution is -2.44. The van der Waals surface area contributed by atoms with Crippen LogP contribution in [0.5, 0.6) is 0 Å². The third-order valence-corrected chi connectivity index (χ3v) is 3.63. The van der Waals surface area contributed by atoms with Crippen molar-refractivity contribution in [2.24, 2.45) is 5.92 Å². The molecule has 2 amide bonds. The maximum absolute atomic E-state index is 12.2. The first-order valence-electron chi connectivity index (χ1n) is 7.38. The van der Waals surface area contributed by atoms with Crippen LogP contribution in [-0.4, -0.2) is 45.1 Å². The van der Waals surface area contributed by atoms with Crippen LogP contribution in [0.1, 0.15) is 39.4 Å². The van der Waals surface area contributed by atoms with E-state index < -0.39 is 11.9 Å². The van der Waals surface area contributed by atoms with Crippen molar-refractivity contribution in [3.05, 3.63) is 18.2 Å². The second-order valence-electron chi connectivity index (χ2n) is 6.60. The number of hydrogen-bond acceptors (Lipinski definition) is 4. The van der Waals surface area contributed by atoms with E-state index in [9.17, 15) is 9.59 Å². The lowest BCUT2D eigenvalue weighted by atomic mass is 9.96. The van der Waals surface area contributed by atoms with Gasteiger partial charge in [0.1, 0.15) is 5.82 Å². The number of carbonyl (C=O) groups is 2. The van der Waals surface area contributed by atoms with E-state index in [1.54, 1.807) is 12.4 Å². The minimum absolute atomic E-state index is 0.149. The van der Waals surface area contributed by atoms with Crippen molar-refractivity contribution in [2.45, 2.75) is 39.0 Å². The van der Waals surface area contributed by atoms with Gasteiger partial charge in [-0.1, -0.05) is 20.8 Å². The van der Waals surface area contributed by atoms with E-state index in [0.717, 1.165) is 0 Å². The van der Waals surface area contributed by atoms with Crippen molar-refractivity contribution in [1.29, 1.82) is 0 Å². The van der Waals surface area contributed by atoms with Crippen molar-refractivity contribution in [3.63, 3.8) is 0 Å². The SMILES string of the molecule is CC(C)(C)c1ncc(NC(=O)N2CCCC(C(=O)O)C2)cn1. The average molecular weight is 306 g/mol. The highest BCUT2D eigenvalue weighted by Gasteiger charge is 2.28. The molecule has 7 heteroatoms. The maximum Gasteiger partial charge on any atom is 0.321 e. The van der Waals surface area contributed by atoms with Crippen LogP contribution >= 0.6 is 0 Å². The first kappa shape index (κ1) is 16.2. The molecule has 1 unspecified atom stereocenters. The fraction of sp³-hybridized carbons (Fsp3) is 0.600. The van der Waals surface area contributed by atoms with Gasteiger partial charge in [0.25, 0.3) is 0 Å². The number of hydrogen-bond donors (Lipinski definition) is 2. The zero-order valence-electron chi connectivity index (χ0n) is 13.2. The Balaban J connectivity index is 1.98. The molecular formula is C15H22N4O3. The Morgan fingerprint density at radius 1 is 1.32 bits per heavy atom. The molecule has 0 bridgehead atoms. The molecule has 1 aliphatic heterocycles. The molecule has 120 valence electrons. The number of carboxylic acids is 1. The molecule has 2 rings (SSSR count). The average Bonchev–Trinajstić information content (AvgIpc) is 2.47. The standard InChI is InChI=1S/C15H22N4O3/c1-15(2,3)13-16-7-11(8-17-13)18-14(22)19-6-4-5-10(9-19)12(20)21/h7-8,10H,4-6,9H2,1-3H3,(H,18,22)(H,20,21). The molecule has 1 saturated heterocycles. The highest BCUT2D eigenvalue weighted by Crippen LogP contribution is 2.20. The van der Waals surface area contributed by atoms with Crippen LogP contribution < -0.4 is 5.32 Å². The van der Waals surface area contributed by atoms with Gasteiger partial charge in [0.15, 0.2) is 0 Å². The Bertz CT molecular complexity index is 551. The van der Waals surface area contributed by atoms with Gasteiger partial charge in [-0.05, 0) is 12.8 Å². The Labute approximate surface area is 129 Å². The molecule has 0 spiro atoms. The normalized spacial score (nSPS) is 18.9. The van der Waals surface area contributed by atoms with Gasteiger partial charge in [-0.15, -0.1) is 0 Å². The molecule has 0 aliphatic carbocycles. The van der Waals surface area contributed by atoms with Crippen molar-refractivity contribution in [2.75, 3.05) is 18.4 Å². The van der Waals surface area contributed by atoms with Crippen LogP contribution in [0, 0.1) is 5.92 Å². The summed E-state index contributed by atoms with van der Waals surface area (Å²) in [6, 6.07) is -0.307. The van der Waals surface area contributed by atoms with Crippen molar-refractivity contribution in [1.82, 2.24) is 14.9 Å². The topological polar surface area (TPSA) is 95.4 Å². The number of carbonyl (C=O) groups excluding carboxylic acids is 1. The summed E-state index contributed by atoms with van der Waals surface area (Å²) in [5.74, 6) is -0.635. The zero-order chi connectivity index (χ0) is 16.3. The Kier molecular flexibility index (Phi) is 4.63. The number of aromatic nitrogens is 2. The second-order valence-corrected chi connectivity index (χ2v) is 6.60. The quantitative estimate of drug-likeness (QED) is 0.872. The number of urea groups is 1. The number of carboxylic acid groups (broad SMARTS) is 1. The molecule has 22 heavy (non-hydrogen) atoms. The fourth-order valence-corrected chi connectivity index (χ4v) is 2.35. The Hall–Kier alpha value is -2.18. The largest absolute Gasteiger partial charge is 0.481 e. The third-order valence-electron chi connectivity index (χ3n) is 3.63. The Morgan fingerprint density at radius 3 is 2.50 bits per heavy atom. The van der Waals surface area contributed by atoms with Crippen LogP contribution in [0.25, 0.3) is 0 Å². The van der Waals surface area contributed by atoms with Crippen molar-refractivity contribution in [3.8, 4) is 0 Å². The van der Waals surface area contributed by atoms with E-state index >= 15 is 0 Å². The number of rotatable bonds is 2. The monoisotopic (exact) mass is 306 g/mol. The predicted octanol–water partition coefficient (Wildman–Crippen LogP) is 2.10. The molecule has 1 fully saturated rings. The Morgan fingerprint density at radius 2 is 1.95 bits per heavy atom. The molecule has 7 nitrogen and oxygen atoms in total. The van der Waals surface area contributed by atoms with E-state index in [1.807, 2.05) is 20.8 Å². The number of nitrogens with one attached hydrogen (secondary N) is 1. The molecular weight excluding hydrogens is 284 g/mol. The first-order chi connectivity index (χ1) is 10.3. The summed E-state index contributed by atoms with van der Waals surface area (Å²) < 4.78 is 0. The van der Waals surface area contributed by atoms with Crippen LogP contribution in [-0.2, 0) is 10.2 Å². The summed E-state index contributed by atoms with van der Waals surface area (Å²) in [5, 5.41) is 11.8. The molecule has 0 radical (unpaired) electrons. The molecule has 1 aromatic heterocycles. The van der Waals surface area contributed by atoms with Crippen LogP contribution in [0.3, 0.4) is 0 Å². The van der Waals surface area contributed by atoms with Gasteiger partial charge in [-0.25, -0.2) is 14.8 Å². The van der Waals surface area contributed by atoms with Gasteiger partial charge in [0.2, 0.25) is 0 Å². The minimum atomic E-state index is -0.852. The van der Waals surface area contributed by atoms with E-state index in [-0.39, 0.29) is 18.0 Å². The zero-order valence-corrected chi connectivity index (χ0v) is 13.2. The lowest BCUT2D eigenvalue weighted by Gasteiger charge is -2.30. The fourth-order valence-electron chi connectivity index (χ4n) is 2.35. The van der Waals surface area contributed by atoms with Gasteiger partial charge in [-0.2, -0.15) is 0 Å². The van der Waals surface area contributed by atoms with Crippen LogP contribution in [0.2, 0.25) is 0 Å². The van der Waals surface area contributed by atoms with Gasteiger partial charge in [-0.3, -0.25) is 4.79 Å². The molecule has 1 atom stereocenters. The van der Waals surface area contributed by atoms with Crippen molar-refractivity contribution >= 4 is 17.7 Å². The summed E-state index contributed by atoms with van der Waals surface area (Å²) in [6.45, 7) is 6.85. The van der Waals surface area contributed by atoms with Crippen LogP contribution in [0.15, 0.2) is 12.4 Å². The van der Waals surface area contributed by atoms with Crippen LogP contribution in [0.4, 0.5) is 10.5 Å². The highest BCUT2D eigenvalue weighted by atomic mass is 16.4. The molecule has 1 aliphatic rings. The van der Waals surface area contributed by atoms with E-state index in [4.69, 9.17) is 5.11 Å². The van der Waals surface area contributed by atoms with Gasteiger partial charge in [0, 0.05) is 18.5 Å². The van der Waals surface area contributed by atoms with Gasteiger partial charge >= 0.3 is 12.0 Å². The van der Waals surface area contributed by atoms with E-state index in [2.05, 4.69) is 15.3 Å². The molecule has 0 saturated carbocycles. The van der Waals surface area contributed by atoms with E-state index in [0.29, 0.717) is 30.9 Å². The highest BCUT2D eigenvalue weighted by molar-refractivity contribution is 5.89. The molecule has 0 aromatic carbocycles. The van der Waals surface area contributed by atoms with Gasteiger partial charge < -0.3 is 15.3 Å². The number of amides is 2. The first-order valence-corrected chi connectivity index (χ1v) is 7.38. The molecule has 2 heterocycles. The third kappa shape index (κ3) is 3.93. The summed E-state index contributed by atoms with van der Waals surface area (Å²) in [6.07, 6.45) is 4.46. The summed E-state index contributed by atoms with van der Waals surface area (Å²) >= 11 is 0. The summed E-state index contributed by atoms with van der Waals surface area (Å²) in [5.41, 5.74) is 0.361. The second kappa shape index (κ2) is 6.29. The maximum atomic E-state index is 12.2. The number of piperidine rings is 1. The number of aliphatic carboxylic acids is 1. The van der Waals surface area contributed by atoms with Crippen molar-refractivity contribution < 1.29 is 14.7 Å². The molecule has 1 aromatic rings. The van der Waals surface area contributed by atoms with Gasteiger partial charge in [0.05, 0.1) is 24.0 Å². The lowest BCUT2D eigenvalue weighted by molar-refractivity contribution is -0.143. The predicted molar refractivity (Wildman–Crippen MR) is 81.7 cm³/mol. The number of nitrogens with zero attached hydrogens (tertiary/aromatic N) is 3. The summed E-state index contributed by atoms with van der Waals surface area (Å²) in [7, 11) is 0.